The van der Waals surface area contributed by atoms with Gasteiger partial charge >= 0.3 is 70.3 Å². The van der Waals surface area contributed by atoms with Crippen LogP contribution in [0.4, 0.5) is 0 Å². The topological polar surface area (TPSA) is 0 Å². The molecular weight excluding hydrogens is 667 g/mol. The molecule has 1 aliphatic carbocycles. The number of hydrogen-bond donors (Lipinski definition) is 0. The average molecular weight is 713 g/mol. The van der Waals surface area contributed by atoms with Gasteiger partial charge in [-0.1, -0.05) is 115 Å². The average Bonchev–Trinajstić information content (AvgIpc) is 3.51. The minimum absolute atomic E-state index is 0. The van der Waals surface area contributed by atoms with E-state index in [4.69, 9.17) is 0 Å². The Morgan fingerprint density at radius 2 is 1.31 bits per heavy atom. The van der Waals surface area contributed by atoms with Crippen molar-refractivity contribution in [3.8, 4) is 22.3 Å². The summed E-state index contributed by atoms with van der Waals surface area (Å²) in [5.74, 6) is 0. The van der Waals surface area contributed by atoms with Crippen LogP contribution in [0.1, 0.15) is 86.1 Å². The molecule has 0 saturated heterocycles. The number of aryl methyl sites for hydroxylation is 3. The number of rotatable bonds is 2. The minimum Gasteiger partial charge on any atom is -1.00 e. The van der Waals surface area contributed by atoms with Crippen LogP contribution < -0.4 is 24.8 Å². The van der Waals surface area contributed by atoms with Crippen LogP contribution in [0.2, 0.25) is 0 Å². The van der Waals surface area contributed by atoms with E-state index in [1.54, 1.807) is 0 Å². The number of fused-ring (bicyclic) bond motifs is 3. The van der Waals surface area contributed by atoms with Gasteiger partial charge in [-0.05, 0) is 28.4 Å². The van der Waals surface area contributed by atoms with E-state index in [1.807, 2.05) is 0 Å². The summed E-state index contributed by atoms with van der Waals surface area (Å²) >= 11 is 1.47. The summed E-state index contributed by atoms with van der Waals surface area (Å²) in [6, 6.07) is 38.7. The van der Waals surface area contributed by atoms with Crippen molar-refractivity contribution >= 4 is 3.71 Å². The van der Waals surface area contributed by atoms with Gasteiger partial charge in [0.05, 0.1) is 0 Å². The smallest absolute Gasteiger partial charge is 1.00 e. The third-order valence-corrected chi connectivity index (χ3v) is 8.85. The van der Waals surface area contributed by atoms with Gasteiger partial charge < -0.3 is 24.8 Å². The van der Waals surface area contributed by atoms with Crippen LogP contribution in [0, 0.1) is 26.8 Å². The van der Waals surface area contributed by atoms with Gasteiger partial charge in [-0.2, -0.15) is 46.5 Å². The Hall–Kier alpha value is -2.44. The first kappa shape index (κ1) is 38.7. The van der Waals surface area contributed by atoms with E-state index in [-0.39, 0.29) is 35.6 Å². The van der Waals surface area contributed by atoms with Gasteiger partial charge in [0.15, 0.2) is 0 Å². The van der Waals surface area contributed by atoms with Crippen LogP contribution in [-0.2, 0) is 41.5 Å². The SMILES string of the molecule is CC(C)(C)c1[c-]c2c(cc1)-c1ccc(C(C)(C)C)cc1C2.Cc1cc(-c2ccccc2)c(C)[cH-]1.Cc1ccc([CH]=[Zr+2])cc1.[Cl-].[Cl-]. The molecular formula is C42H46Cl2Zr-2. The Balaban J connectivity index is 0.000000252. The van der Waals surface area contributed by atoms with E-state index in [2.05, 4.69) is 169 Å². The van der Waals surface area contributed by atoms with Crippen molar-refractivity contribution < 1.29 is 49.0 Å². The Kier molecular flexibility index (Phi) is 14.1. The van der Waals surface area contributed by atoms with Crippen molar-refractivity contribution in [2.75, 3.05) is 0 Å². The summed E-state index contributed by atoms with van der Waals surface area (Å²) in [5.41, 5.74) is 16.7. The van der Waals surface area contributed by atoms with Crippen molar-refractivity contribution in [1.29, 1.82) is 0 Å². The predicted molar refractivity (Wildman–Crippen MR) is 184 cm³/mol. The van der Waals surface area contributed by atoms with E-state index in [0.29, 0.717) is 0 Å². The zero-order valence-corrected chi connectivity index (χ0v) is 32.2. The molecule has 0 heterocycles. The zero-order valence-electron chi connectivity index (χ0n) is 28.3. The third-order valence-electron chi connectivity index (χ3n) is 8.03. The van der Waals surface area contributed by atoms with Crippen molar-refractivity contribution in [3.63, 3.8) is 0 Å². The third kappa shape index (κ3) is 10.3. The molecule has 0 radical (unpaired) electrons. The van der Waals surface area contributed by atoms with Crippen LogP contribution in [0.3, 0.4) is 0 Å². The van der Waals surface area contributed by atoms with Crippen LogP contribution in [0.5, 0.6) is 0 Å². The van der Waals surface area contributed by atoms with Gasteiger partial charge in [0, 0.05) is 0 Å². The van der Waals surface area contributed by atoms with Gasteiger partial charge in [-0.15, -0.1) is 11.1 Å². The van der Waals surface area contributed by atoms with Gasteiger partial charge in [0.2, 0.25) is 0 Å². The number of hydrogen-bond acceptors (Lipinski definition) is 0. The zero-order chi connectivity index (χ0) is 31.4. The molecule has 45 heavy (non-hydrogen) atoms. The minimum atomic E-state index is 0. The Labute approximate surface area is 300 Å². The summed E-state index contributed by atoms with van der Waals surface area (Å²) in [7, 11) is 0. The van der Waals surface area contributed by atoms with E-state index in [1.165, 1.54) is 91.0 Å². The van der Waals surface area contributed by atoms with E-state index in [9.17, 15) is 0 Å². The fourth-order valence-electron chi connectivity index (χ4n) is 5.42. The number of halogens is 2. The second-order valence-electron chi connectivity index (χ2n) is 13.9. The first-order valence-corrected chi connectivity index (χ1v) is 16.7. The summed E-state index contributed by atoms with van der Waals surface area (Å²) in [5, 5.41) is 0. The first-order valence-electron chi connectivity index (χ1n) is 15.3. The van der Waals surface area contributed by atoms with Crippen LogP contribution in [0.25, 0.3) is 22.3 Å². The molecule has 0 unspecified atom stereocenters. The molecule has 3 heteroatoms. The largest absolute Gasteiger partial charge is 1.00 e. The summed E-state index contributed by atoms with van der Waals surface area (Å²) in [6.45, 7) is 20.0. The summed E-state index contributed by atoms with van der Waals surface area (Å²) in [6.07, 6.45) is 1.03. The van der Waals surface area contributed by atoms with Crippen molar-refractivity contribution in [2.45, 2.75) is 79.6 Å². The van der Waals surface area contributed by atoms with E-state index >= 15 is 0 Å². The molecule has 234 valence electrons. The molecule has 0 N–H and O–H groups in total. The molecule has 0 amide bonds. The van der Waals surface area contributed by atoms with Gasteiger partial charge in [-0.3, -0.25) is 0 Å². The molecule has 0 saturated carbocycles. The number of benzene rings is 4. The standard InChI is InChI=1S/C21H25.C13H13.C8H8.2ClH.Zr/c1-20(2,3)16-7-9-18-14(12-16)11-15-13-17(21(4,5)6)8-10-19(15)18;1-10-8-11(2)13(9-10)12-6-4-3-5-7-12;1-7-3-5-8(2)6-4-7;;;/h7-10,12H,11H2,1-6H3;3-9H,1-2H3;1,3-6H,2H3;2*1H;/q2*-1;;;;+2/p-2. The van der Waals surface area contributed by atoms with E-state index in [0.717, 1.165) is 6.42 Å². The Morgan fingerprint density at radius 1 is 0.689 bits per heavy atom. The maximum atomic E-state index is 3.67. The van der Waals surface area contributed by atoms with E-state index < -0.39 is 0 Å². The first-order chi connectivity index (χ1) is 20.3. The molecule has 0 spiro atoms. The Morgan fingerprint density at radius 3 is 1.84 bits per heavy atom. The van der Waals surface area contributed by atoms with Gasteiger partial charge in [-0.25, -0.2) is 6.07 Å². The van der Waals surface area contributed by atoms with Crippen LogP contribution in [-0.4, -0.2) is 3.71 Å². The maximum absolute atomic E-state index is 3.67. The fourth-order valence-corrected chi connectivity index (χ4v) is 5.89. The van der Waals surface area contributed by atoms with Gasteiger partial charge in [0.25, 0.3) is 0 Å². The van der Waals surface area contributed by atoms with Crippen molar-refractivity contribution in [3.05, 3.63) is 148 Å². The summed E-state index contributed by atoms with van der Waals surface area (Å²) in [4.78, 5) is 0. The molecule has 1 aliphatic rings. The molecule has 5 aromatic rings. The van der Waals surface area contributed by atoms with Crippen molar-refractivity contribution in [2.24, 2.45) is 0 Å². The normalized spacial score (nSPS) is 11.4. The molecule has 0 atom stereocenters. The van der Waals surface area contributed by atoms with Crippen LogP contribution >= 0.6 is 0 Å². The monoisotopic (exact) mass is 710 g/mol. The van der Waals surface area contributed by atoms with Crippen LogP contribution in [0.15, 0.2) is 97.1 Å². The molecule has 0 aromatic heterocycles. The van der Waals surface area contributed by atoms with Crippen molar-refractivity contribution in [1.82, 2.24) is 0 Å². The quantitative estimate of drug-likeness (QED) is 0.221. The predicted octanol–water partition coefficient (Wildman–Crippen LogP) is 5.04. The molecule has 0 aliphatic heterocycles. The second kappa shape index (κ2) is 16.4. The maximum Gasteiger partial charge on any atom is -1.00 e. The summed E-state index contributed by atoms with van der Waals surface area (Å²) < 4.78 is 2.19. The second-order valence-corrected chi connectivity index (χ2v) is 14.6. The molecule has 5 aromatic carbocycles. The molecule has 0 nitrogen and oxygen atoms in total. The molecule has 0 bridgehead atoms. The molecule has 6 rings (SSSR count). The molecule has 0 fully saturated rings. The Bertz CT molecular complexity index is 1620. The fraction of sp³-hybridized carbons (Fsp3) is 0.286. The van der Waals surface area contributed by atoms with Gasteiger partial charge in [0.1, 0.15) is 0 Å².